The van der Waals surface area contributed by atoms with Crippen LogP contribution in [0.3, 0.4) is 0 Å². The molecular formula is C12H14F2N2. The fraction of sp³-hybridized carbons (Fsp3) is 0.417. The van der Waals surface area contributed by atoms with Crippen LogP contribution in [0.25, 0.3) is 11.0 Å². The Hall–Kier alpha value is -1.45. The molecule has 2 nitrogen and oxygen atoms in total. The molecular weight excluding hydrogens is 210 g/mol. The summed E-state index contributed by atoms with van der Waals surface area (Å²) in [4.78, 5) is 4.18. The van der Waals surface area contributed by atoms with Crippen molar-refractivity contribution in [1.82, 2.24) is 9.55 Å². The van der Waals surface area contributed by atoms with E-state index in [0.717, 1.165) is 6.07 Å². The lowest BCUT2D eigenvalue weighted by Crippen LogP contribution is -2.23. The average Bonchev–Trinajstić information content (AvgIpc) is 2.39. The highest BCUT2D eigenvalue weighted by molar-refractivity contribution is 5.77. The van der Waals surface area contributed by atoms with E-state index in [1.807, 2.05) is 20.8 Å². The van der Waals surface area contributed by atoms with Crippen LogP contribution in [0, 0.1) is 18.6 Å². The lowest BCUT2D eigenvalue weighted by atomic mass is 10.1. The summed E-state index contributed by atoms with van der Waals surface area (Å²) < 4.78 is 28.6. The van der Waals surface area contributed by atoms with Gasteiger partial charge in [0.1, 0.15) is 17.2 Å². The van der Waals surface area contributed by atoms with Crippen molar-refractivity contribution in [2.45, 2.75) is 33.2 Å². The minimum absolute atomic E-state index is 0.280. The maximum Gasteiger partial charge on any atom is 0.152 e. The molecule has 2 rings (SSSR count). The van der Waals surface area contributed by atoms with E-state index < -0.39 is 11.6 Å². The Balaban J connectivity index is 2.90. The van der Waals surface area contributed by atoms with E-state index in [2.05, 4.69) is 4.98 Å². The second-order valence-corrected chi connectivity index (χ2v) is 4.92. The molecule has 0 atom stereocenters. The Labute approximate surface area is 92.9 Å². The molecule has 0 aliphatic heterocycles. The molecule has 0 radical (unpaired) electrons. The van der Waals surface area contributed by atoms with Crippen LogP contribution in [-0.2, 0) is 5.54 Å². The Morgan fingerprint density at radius 2 is 1.81 bits per heavy atom. The third kappa shape index (κ3) is 1.58. The van der Waals surface area contributed by atoms with Crippen LogP contribution >= 0.6 is 0 Å². The first-order valence-electron chi connectivity index (χ1n) is 5.15. The molecule has 0 amide bonds. The summed E-state index contributed by atoms with van der Waals surface area (Å²) in [5.74, 6) is -0.471. The fourth-order valence-corrected chi connectivity index (χ4v) is 2.07. The van der Waals surface area contributed by atoms with E-state index in [4.69, 9.17) is 0 Å². The Morgan fingerprint density at radius 1 is 1.19 bits per heavy atom. The van der Waals surface area contributed by atoms with E-state index in [1.165, 1.54) is 6.07 Å². The van der Waals surface area contributed by atoms with Gasteiger partial charge in [-0.25, -0.2) is 13.8 Å². The van der Waals surface area contributed by atoms with Crippen molar-refractivity contribution in [2.75, 3.05) is 0 Å². The van der Waals surface area contributed by atoms with Gasteiger partial charge in [0.2, 0.25) is 0 Å². The monoisotopic (exact) mass is 224 g/mol. The highest BCUT2D eigenvalue weighted by atomic mass is 19.1. The van der Waals surface area contributed by atoms with Crippen LogP contribution in [0.1, 0.15) is 26.6 Å². The van der Waals surface area contributed by atoms with Crippen LogP contribution in [0.2, 0.25) is 0 Å². The number of hydrogen-bond donors (Lipinski definition) is 0. The Bertz CT molecular complexity index is 550. The number of benzene rings is 1. The van der Waals surface area contributed by atoms with E-state index >= 15 is 0 Å². The molecule has 1 heterocycles. The van der Waals surface area contributed by atoms with Gasteiger partial charge in [-0.2, -0.15) is 0 Å². The van der Waals surface area contributed by atoms with E-state index in [-0.39, 0.29) is 5.54 Å². The quantitative estimate of drug-likeness (QED) is 0.670. The number of hydrogen-bond acceptors (Lipinski definition) is 1. The first-order valence-corrected chi connectivity index (χ1v) is 5.15. The molecule has 86 valence electrons. The maximum absolute atomic E-state index is 13.8. The average molecular weight is 224 g/mol. The zero-order chi connectivity index (χ0) is 12.1. The van der Waals surface area contributed by atoms with Crippen LogP contribution < -0.4 is 0 Å². The molecule has 0 aliphatic carbocycles. The molecule has 0 spiro atoms. The Kier molecular flexibility index (Phi) is 2.26. The minimum Gasteiger partial charge on any atom is -0.320 e. The van der Waals surface area contributed by atoms with Crippen molar-refractivity contribution in [3.8, 4) is 0 Å². The van der Waals surface area contributed by atoms with Gasteiger partial charge in [0.25, 0.3) is 0 Å². The molecule has 0 saturated carbocycles. The fourth-order valence-electron chi connectivity index (χ4n) is 2.07. The number of aryl methyl sites for hydroxylation is 1. The first-order chi connectivity index (χ1) is 7.30. The van der Waals surface area contributed by atoms with Crippen molar-refractivity contribution in [1.29, 1.82) is 0 Å². The number of fused-ring (bicyclic) bond motifs is 1. The minimum atomic E-state index is -0.594. The first kappa shape index (κ1) is 11.0. The van der Waals surface area contributed by atoms with Crippen molar-refractivity contribution < 1.29 is 8.78 Å². The molecule has 1 aromatic heterocycles. The number of imidazole rings is 1. The third-order valence-electron chi connectivity index (χ3n) is 2.51. The molecule has 0 saturated heterocycles. The van der Waals surface area contributed by atoms with Gasteiger partial charge in [0.05, 0.1) is 5.52 Å². The summed E-state index contributed by atoms with van der Waals surface area (Å²) in [6.07, 6.45) is 0. The summed E-state index contributed by atoms with van der Waals surface area (Å²) in [5, 5.41) is 0. The lowest BCUT2D eigenvalue weighted by Gasteiger charge is -2.23. The van der Waals surface area contributed by atoms with Crippen molar-refractivity contribution in [3.63, 3.8) is 0 Å². The van der Waals surface area contributed by atoms with Gasteiger partial charge in [-0.15, -0.1) is 0 Å². The van der Waals surface area contributed by atoms with Gasteiger partial charge < -0.3 is 4.57 Å². The van der Waals surface area contributed by atoms with Crippen molar-refractivity contribution >= 4 is 11.0 Å². The predicted octanol–water partition coefficient (Wildman–Crippen LogP) is 3.38. The second-order valence-electron chi connectivity index (χ2n) is 4.92. The van der Waals surface area contributed by atoms with Crippen LogP contribution in [0.15, 0.2) is 12.1 Å². The second kappa shape index (κ2) is 3.27. The number of rotatable bonds is 0. The summed E-state index contributed by atoms with van der Waals surface area (Å²) in [5.41, 5.74) is 0.452. The molecule has 16 heavy (non-hydrogen) atoms. The summed E-state index contributed by atoms with van der Waals surface area (Å²) in [7, 11) is 0. The summed E-state index contributed by atoms with van der Waals surface area (Å²) in [6, 6.07) is 2.15. The van der Waals surface area contributed by atoms with Crippen molar-refractivity contribution in [2.24, 2.45) is 0 Å². The normalized spacial score (nSPS) is 12.4. The van der Waals surface area contributed by atoms with E-state index in [9.17, 15) is 8.78 Å². The van der Waals surface area contributed by atoms with Gasteiger partial charge in [0.15, 0.2) is 5.82 Å². The van der Waals surface area contributed by atoms with Crippen LogP contribution in [0.4, 0.5) is 8.78 Å². The number of nitrogens with zero attached hydrogens (tertiary/aromatic N) is 2. The molecule has 1 aromatic carbocycles. The lowest BCUT2D eigenvalue weighted by molar-refractivity contribution is 0.395. The molecule has 4 heteroatoms. The molecule has 0 aliphatic rings. The van der Waals surface area contributed by atoms with Gasteiger partial charge in [-0.1, -0.05) is 0 Å². The highest BCUT2D eigenvalue weighted by Crippen LogP contribution is 2.27. The number of aromatic nitrogens is 2. The molecule has 0 N–H and O–H groups in total. The Morgan fingerprint density at radius 3 is 2.38 bits per heavy atom. The standard InChI is InChI=1S/C12H14F2N2/c1-7-15-10-6-8(13)5-9(14)11(10)16(7)12(2,3)4/h5-6H,1-4H3. The van der Waals surface area contributed by atoms with Crippen LogP contribution in [0.5, 0.6) is 0 Å². The molecule has 0 unspecified atom stereocenters. The SMILES string of the molecule is Cc1nc2cc(F)cc(F)c2n1C(C)(C)C. The predicted molar refractivity (Wildman–Crippen MR) is 59.4 cm³/mol. The topological polar surface area (TPSA) is 17.8 Å². The largest absolute Gasteiger partial charge is 0.320 e. The highest BCUT2D eigenvalue weighted by Gasteiger charge is 2.22. The molecule has 0 fully saturated rings. The van der Waals surface area contributed by atoms with Gasteiger partial charge in [-0.05, 0) is 27.7 Å². The summed E-state index contributed by atoms with van der Waals surface area (Å²) >= 11 is 0. The van der Waals surface area contributed by atoms with E-state index in [0.29, 0.717) is 16.9 Å². The third-order valence-corrected chi connectivity index (χ3v) is 2.51. The zero-order valence-electron chi connectivity index (χ0n) is 9.81. The maximum atomic E-state index is 13.8. The van der Waals surface area contributed by atoms with Gasteiger partial charge in [-0.3, -0.25) is 0 Å². The van der Waals surface area contributed by atoms with E-state index in [1.54, 1.807) is 11.5 Å². The molecule has 0 bridgehead atoms. The molecule has 2 aromatic rings. The van der Waals surface area contributed by atoms with Gasteiger partial charge >= 0.3 is 0 Å². The van der Waals surface area contributed by atoms with Gasteiger partial charge in [0, 0.05) is 17.7 Å². The number of halogens is 2. The van der Waals surface area contributed by atoms with Crippen molar-refractivity contribution in [3.05, 3.63) is 29.6 Å². The smallest absolute Gasteiger partial charge is 0.152 e. The summed E-state index contributed by atoms with van der Waals surface area (Å²) in [6.45, 7) is 7.68. The zero-order valence-corrected chi connectivity index (χ0v) is 9.81. The van der Waals surface area contributed by atoms with Crippen LogP contribution in [-0.4, -0.2) is 9.55 Å².